The van der Waals surface area contributed by atoms with Crippen LogP contribution in [0.1, 0.15) is 34.9 Å². The molecule has 0 spiro atoms. The van der Waals surface area contributed by atoms with Gasteiger partial charge in [-0.2, -0.15) is 0 Å². The molecule has 1 aliphatic rings. The van der Waals surface area contributed by atoms with Crippen molar-refractivity contribution in [2.75, 3.05) is 0 Å². The van der Waals surface area contributed by atoms with Crippen LogP contribution in [0.3, 0.4) is 0 Å². The van der Waals surface area contributed by atoms with Crippen molar-refractivity contribution < 1.29 is 4.79 Å². The van der Waals surface area contributed by atoms with Crippen LogP contribution < -0.4 is 10.9 Å². The first-order chi connectivity index (χ1) is 13.4. The zero-order valence-corrected chi connectivity index (χ0v) is 17.9. The maximum absolute atomic E-state index is 12.9. The molecular weight excluding hydrogens is 390 g/mol. The van der Waals surface area contributed by atoms with Gasteiger partial charge in [0, 0.05) is 18.5 Å². The number of carbonyl (C=O) groups excluding carboxylic acids is 1. The number of hydrogen-bond acceptors (Lipinski definition) is 5. The zero-order chi connectivity index (χ0) is 19.8. The van der Waals surface area contributed by atoms with Crippen LogP contribution in [-0.4, -0.2) is 20.7 Å². The highest BCUT2D eigenvalue weighted by Gasteiger charge is 2.24. The minimum atomic E-state index is -0.340. The first-order valence-corrected chi connectivity index (χ1v) is 11.1. The summed E-state index contributed by atoms with van der Waals surface area (Å²) in [5.74, 6) is -0.0615. The summed E-state index contributed by atoms with van der Waals surface area (Å²) < 4.78 is 1.59. The molecule has 28 heavy (non-hydrogen) atoms. The van der Waals surface area contributed by atoms with Gasteiger partial charge in [0.25, 0.3) is 5.56 Å². The van der Waals surface area contributed by atoms with Gasteiger partial charge in [-0.25, -0.2) is 4.98 Å². The van der Waals surface area contributed by atoms with Gasteiger partial charge in [0.15, 0.2) is 5.16 Å². The van der Waals surface area contributed by atoms with Crippen LogP contribution in [0.2, 0.25) is 0 Å². The summed E-state index contributed by atoms with van der Waals surface area (Å²) in [6.45, 7) is 4.38. The second-order valence-corrected chi connectivity index (χ2v) is 9.65. The number of rotatable bonds is 5. The van der Waals surface area contributed by atoms with Crippen LogP contribution in [0.5, 0.6) is 0 Å². The molecular formula is C21H23N3O2S2. The Balaban J connectivity index is 1.49. The Kier molecular flexibility index (Phi) is 5.29. The molecule has 5 nitrogen and oxygen atoms in total. The summed E-state index contributed by atoms with van der Waals surface area (Å²) >= 11 is 2.96. The van der Waals surface area contributed by atoms with Gasteiger partial charge in [0.1, 0.15) is 4.83 Å². The van der Waals surface area contributed by atoms with Gasteiger partial charge in [-0.05, 0) is 44.2 Å². The van der Waals surface area contributed by atoms with E-state index < -0.39 is 0 Å². The van der Waals surface area contributed by atoms with Crippen LogP contribution in [-0.2, 0) is 31.2 Å². The summed E-state index contributed by atoms with van der Waals surface area (Å²) in [6.07, 6.45) is 3.13. The first-order valence-electron chi connectivity index (χ1n) is 9.45. The molecule has 0 saturated heterocycles. The molecule has 0 aliphatic heterocycles. The van der Waals surface area contributed by atoms with Gasteiger partial charge in [-0.3, -0.25) is 14.2 Å². The van der Waals surface area contributed by atoms with Gasteiger partial charge >= 0.3 is 0 Å². The van der Waals surface area contributed by atoms with E-state index in [-0.39, 0.29) is 16.7 Å². The standard InChI is InChI=1S/C21H23N3O2S2/c1-12-7-9-14(10-8-12)11-22-18(25)13(2)27-21-23-19-17(20(26)24(21)3)15-5-4-6-16(15)28-19/h7-10,13H,4-6,11H2,1-3H3,(H,22,25). The Morgan fingerprint density at radius 1 is 1.32 bits per heavy atom. The van der Waals surface area contributed by atoms with E-state index in [9.17, 15) is 9.59 Å². The van der Waals surface area contributed by atoms with Crippen LogP contribution in [0.4, 0.5) is 0 Å². The molecule has 3 aromatic rings. The van der Waals surface area contributed by atoms with Gasteiger partial charge in [0.05, 0.1) is 10.6 Å². The van der Waals surface area contributed by atoms with Crippen LogP contribution in [0.25, 0.3) is 10.2 Å². The van der Waals surface area contributed by atoms with Crippen molar-refractivity contribution in [2.24, 2.45) is 7.05 Å². The lowest BCUT2D eigenvalue weighted by atomic mass is 10.1. The van der Waals surface area contributed by atoms with Gasteiger partial charge in [-0.1, -0.05) is 41.6 Å². The number of benzene rings is 1. The van der Waals surface area contributed by atoms with Crippen molar-refractivity contribution in [3.8, 4) is 0 Å². The minimum Gasteiger partial charge on any atom is -0.351 e. The summed E-state index contributed by atoms with van der Waals surface area (Å²) in [4.78, 5) is 32.2. The number of aromatic nitrogens is 2. The summed E-state index contributed by atoms with van der Waals surface area (Å²) in [6, 6.07) is 8.10. The molecule has 1 aliphatic carbocycles. The van der Waals surface area contributed by atoms with E-state index in [2.05, 4.69) is 5.32 Å². The number of hydrogen-bond donors (Lipinski definition) is 1. The normalized spacial score (nSPS) is 14.2. The van der Waals surface area contributed by atoms with Crippen molar-refractivity contribution in [1.82, 2.24) is 14.9 Å². The predicted octanol–water partition coefficient (Wildman–Crippen LogP) is 3.59. The SMILES string of the molecule is Cc1ccc(CNC(=O)C(C)Sc2nc3sc4c(c3c(=O)n2C)CCC4)cc1. The van der Waals surface area contributed by atoms with E-state index in [1.54, 1.807) is 23.0 Å². The Labute approximate surface area is 172 Å². The maximum Gasteiger partial charge on any atom is 0.262 e. The molecule has 7 heteroatoms. The van der Waals surface area contributed by atoms with Crippen molar-refractivity contribution >= 4 is 39.2 Å². The summed E-state index contributed by atoms with van der Waals surface area (Å²) in [5, 5.41) is 4.00. The quantitative estimate of drug-likeness (QED) is 0.513. The maximum atomic E-state index is 12.9. The molecule has 146 valence electrons. The van der Waals surface area contributed by atoms with Crippen LogP contribution >= 0.6 is 23.1 Å². The predicted molar refractivity (Wildman–Crippen MR) is 115 cm³/mol. The number of nitrogens with one attached hydrogen (secondary N) is 1. The number of thioether (sulfide) groups is 1. The molecule has 1 unspecified atom stereocenters. The minimum absolute atomic E-state index is 0.000774. The highest BCUT2D eigenvalue weighted by Crippen LogP contribution is 2.35. The monoisotopic (exact) mass is 413 g/mol. The Hall–Kier alpha value is -2.12. The average Bonchev–Trinajstić information content (AvgIpc) is 3.25. The van der Waals surface area contributed by atoms with Crippen molar-refractivity contribution in [3.63, 3.8) is 0 Å². The molecule has 4 rings (SSSR count). The first kappa shape index (κ1) is 19.2. The molecule has 1 aromatic carbocycles. The second kappa shape index (κ2) is 7.72. The number of thiophene rings is 1. The molecule has 0 saturated carbocycles. The number of nitrogens with zero attached hydrogens (tertiary/aromatic N) is 2. The highest BCUT2D eigenvalue weighted by molar-refractivity contribution is 8.00. The van der Waals surface area contributed by atoms with E-state index in [1.165, 1.54) is 27.8 Å². The Morgan fingerprint density at radius 3 is 2.82 bits per heavy atom. The number of fused-ring (bicyclic) bond motifs is 3. The molecule has 1 N–H and O–H groups in total. The fourth-order valence-corrected chi connectivity index (χ4v) is 5.66. The third-order valence-corrected chi connectivity index (χ3v) is 7.47. The van der Waals surface area contributed by atoms with Gasteiger partial charge < -0.3 is 5.32 Å². The van der Waals surface area contributed by atoms with Gasteiger partial charge in [-0.15, -0.1) is 11.3 Å². The van der Waals surface area contributed by atoms with E-state index in [0.717, 1.165) is 35.0 Å². The molecule has 0 radical (unpaired) electrons. The third-order valence-electron chi connectivity index (χ3n) is 5.14. The lowest BCUT2D eigenvalue weighted by Gasteiger charge is -2.14. The van der Waals surface area contributed by atoms with E-state index in [4.69, 9.17) is 4.98 Å². The fraction of sp³-hybridized carbons (Fsp3) is 0.381. The smallest absolute Gasteiger partial charge is 0.262 e. The van der Waals surface area contributed by atoms with E-state index in [1.807, 2.05) is 38.1 Å². The van der Waals surface area contributed by atoms with Crippen molar-refractivity contribution in [1.29, 1.82) is 0 Å². The fourth-order valence-electron chi connectivity index (χ4n) is 3.46. The highest BCUT2D eigenvalue weighted by atomic mass is 32.2. The lowest BCUT2D eigenvalue weighted by Crippen LogP contribution is -2.31. The van der Waals surface area contributed by atoms with Crippen molar-refractivity contribution in [2.45, 2.75) is 50.1 Å². The topological polar surface area (TPSA) is 64.0 Å². The van der Waals surface area contributed by atoms with E-state index in [0.29, 0.717) is 11.7 Å². The number of carbonyl (C=O) groups is 1. The van der Waals surface area contributed by atoms with Crippen molar-refractivity contribution in [3.05, 3.63) is 56.2 Å². The molecule has 2 aromatic heterocycles. The third kappa shape index (κ3) is 3.61. The molecule has 1 amide bonds. The van der Waals surface area contributed by atoms with E-state index >= 15 is 0 Å². The summed E-state index contributed by atoms with van der Waals surface area (Å²) in [7, 11) is 1.74. The molecule has 0 bridgehead atoms. The largest absolute Gasteiger partial charge is 0.351 e. The molecule has 2 heterocycles. The van der Waals surface area contributed by atoms with Crippen LogP contribution in [0.15, 0.2) is 34.2 Å². The van der Waals surface area contributed by atoms with Gasteiger partial charge in [0.2, 0.25) is 5.91 Å². The Morgan fingerprint density at radius 2 is 2.07 bits per heavy atom. The zero-order valence-electron chi connectivity index (χ0n) is 16.2. The second-order valence-electron chi connectivity index (χ2n) is 7.26. The average molecular weight is 414 g/mol. The number of amides is 1. The molecule has 1 atom stereocenters. The van der Waals surface area contributed by atoms with Crippen LogP contribution in [0, 0.1) is 6.92 Å². The summed E-state index contributed by atoms with van der Waals surface area (Å²) in [5.41, 5.74) is 3.45. The molecule has 0 fully saturated rings. The number of aryl methyl sites for hydroxylation is 3. The Bertz CT molecular complexity index is 1100. The lowest BCUT2D eigenvalue weighted by molar-refractivity contribution is -0.120.